The summed E-state index contributed by atoms with van der Waals surface area (Å²) >= 11 is 2.22. The van der Waals surface area contributed by atoms with Gasteiger partial charge in [0.05, 0.1) is 11.4 Å². The van der Waals surface area contributed by atoms with E-state index in [0.717, 1.165) is 22.1 Å². The van der Waals surface area contributed by atoms with Gasteiger partial charge in [0.25, 0.3) is 0 Å². The molecule has 0 aliphatic carbocycles. The van der Waals surface area contributed by atoms with Gasteiger partial charge in [0, 0.05) is 27.9 Å². The first kappa shape index (κ1) is 20.3. The molecule has 5 nitrogen and oxygen atoms in total. The highest BCUT2D eigenvalue weighted by Gasteiger charge is 2.28. The van der Waals surface area contributed by atoms with E-state index in [2.05, 4.69) is 34.8 Å². The van der Waals surface area contributed by atoms with Gasteiger partial charge in [-0.3, -0.25) is 4.79 Å². The van der Waals surface area contributed by atoms with Crippen LogP contribution in [-0.4, -0.2) is 38.1 Å². The highest BCUT2D eigenvalue weighted by molar-refractivity contribution is 14.1. The molecule has 1 aliphatic rings. The molecule has 0 unspecified atom stereocenters. The molecular formula is C20H23IN2O3S. The van der Waals surface area contributed by atoms with Gasteiger partial charge >= 0.3 is 0 Å². The molecule has 3 rings (SSSR count). The molecule has 1 aliphatic heterocycles. The molecular weight excluding hydrogens is 475 g/mol. The van der Waals surface area contributed by atoms with Crippen molar-refractivity contribution in [3.8, 4) is 0 Å². The lowest BCUT2D eigenvalue weighted by atomic mass is 10.0. The summed E-state index contributed by atoms with van der Waals surface area (Å²) in [6.07, 6.45) is 1.75. The second kappa shape index (κ2) is 8.70. The molecule has 2 aromatic carbocycles. The molecule has 0 bridgehead atoms. The highest BCUT2D eigenvalue weighted by Crippen LogP contribution is 2.24. The van der Waals surface area contributed by atoms with E-state index in [9.17, 15) is 13.2 Å². The van der Waals surface area contributed by atoms with Crippen LogP contribution < -0.4 is 5.32 Å². The van der Waals surface area contributed by atoms with Gasteiger partial charge in [-0.2, -0.15) is 4.31 Å². The fraction of sp³-hybridized carbons (Fsp3) is 0.350. The van der Waals surface area contributed by atoms with Crippen LogP contribution in [0.3, 0.4) is 0 Å². The normalized spacial score (nSPS) is 16.2. The highest BCUT2D eigenvalue weighted by atomic mass is 127. The third-order valence-corrected chi connectivity index (χ3v) is 7.45. The molecule has 1 heterocycles. The fourth-order valence-electron chi connectivity index (χ4n) is 3.06. The molecule has 2 aromatic rings. The topological polar surface area (TPSA) is 66.5 Å². The van der Waals surface area contributed by atoms with Crippen LogP contribution in [0, 0.1) is 9.49 Å². The van der Waals surface area contributed by atoms with E-state index >= 15 is 0 Å². The van der Waals surface area contributed by atoms with Crippen molar-refractivity contribution in [3.05, 3.63) is 57.7 Å². The van der Waals surface area contributed by atoms with Crippen LogP contribution >= 0.6 is 22.6 Å². The van der Waals surface area contributed by atoms with E-state index in [0.29, 0.717) is 24.6 Å². The van der Waals surface area contributed by atoms with Crippen molar-refractivity contribution in [2.24, 2.45) is 5.92 Å². The van der Waals surface area contributed by atoms with Gasteiger partial charge in [-0.05, 0) is 77.7 Å². The number of Topliss-reactive ketones (excluding diaryl/α,β-unsaturated/α-hetero) is 1. The first-order chi connectivity index (χ1) is 12.9. The number of rotatable bonds is 6. The van der Waals surface area contributed by atoms with Crippen molar-refractivity contribution in [2.75, 3.05) is 25.0 Å². The lowest BCUT2D eigenvalue weighted by Gasteiger charge is -2.29. The van der Waals surface area contributed by atoms with E-state index in [1.807, 2.05) is 24.3 Å². The number of hydrogen-bond acceptors (Lipinski definition) is 4. The van der Waals surface area contributed by atoms with E-state index in [4.69, 9.17) is 0 Å². The zero-order valence-electron chi connectivity index (χ0n) is 15.2. The standard InChI is InChI=1S/C20H23IN2O3S/c1-15-9-11-23(12-10-15)27(25,26)19-4-2-3-16(13-19)20(24)14-22-18-7-5-17(21)6-8-18/h2-8,13,15,22H,9-12,14H2,1H3. The SMILES string of the molecule is CC1CCN(S(=O)(=O)c2cccc(C(=O)CNc3ccc(I)cc3)c2)CC1. The minimum atomic E-state index is -3.55. The Bertz CT molecular complexity index is 905. The molecule has 0 radical (unpaired) electrons. The van der Waals surface area contributed by atoms with Crippen LogP contribution in [0.25, 0.3) is 0 Å². The van der Waals surface area contributed by atoms with Gasteiger partial charge < -0.3 is 5.32 Å². The third kappa shape index (κ3) is 5.08. The van der Waals surface area contributed by atoms with Gasteiger partial charge in [0.2, 0.25) is 10.0 Å². The molecule has 0 atom stereocenters. The summed E-state index contributed by atoms with van der Waals surface area (Å²) in [5.41, 5.74) is 1.26. The number of ketones is 1. The molecule has 7 heteroatoms. The van der Waals surface area contributed by atoms with Crippen LogP contribution in [0.1, 0.15) is 30.1 Å². The summed E-state index contributed by atoms with van der Waals surface area (Å²) in [7, 11) is -3.55. The Morgan fingerprint density at radius 3 is 2.48 bits per heavy atom. The van der Waals surface area contributed by atoms with E-state index < -0.39 is 10.0 Å². The lowest BCUT2D eigenvalue weighted by molar-refractivity contribution is 0.101. The Balaban J connectivity index is 1.70. The number of halogens is 1. The minimum absolute atomic E-state index is 0.116. The zero-order valence-corrected chi connectivity index (χ0v) is 18.2. The van der Waals surface area contributed by atoms with Gasteiger partial charge in [-0.1, -0.05) is 19.1 Å². The summed E-state index contributed by atoms with van der Waals surface area (Å²) in [4.78, 5) is 12.7. The number of nitrogens with zero attached hydrogens (tertiary/aromatic N) is 1. The second-order valence-electron chi connectivity index (χ2n) is 6.90. The Hall–Kier alpha value is -1.45. The number of hydrogen-bond donors (Lipinski definition) is 1. The number of piperidine rings is 1. The molecule has 1 saturated heterocycles. The maximum atomic E-state index is 12.9. The van der Waals surface area contributed by atoms with E-state index in [1.165, 1.54) is 10.4 Å². The number of carbonyl (C=O) groups is 1. The summed E-state index contributed by atoms with van der Waals surface area (Å²) in [6.45, 7) is 3.33. The number of nitrogens with one attached hydrogen (secondary N) is 1. The molecule has 144 valence electrons. The van der Waals surface area contributed by atoms with E-state index in [-0.39, 0.29) is 17.2 Å². The third-order valence-electron chi connectivity index (χ3n) is 4.83. The molecule has 0 amide bonds. The Labute approximate surface area is 174 Å². The van der Waals surface area contributed by atoms with Crippen LogP contribution in [0.15, 0.2) is 53.4 Å². The Morgan fingerprint density at radius 1 is 1.15 bits per heavy atom. The van der Waals surface area contributed by atoms with Gasteiger partial charge in [-0.25, -0.2) is 8.42 Å². The number of anilines is 1. The van der Waals surface area contributed by atoms with Crippen LogP contribution in [0.2, 0.25) is 0 Å². The van der Waals surface area contributed by atoms with Crippen molar-refractivity contribution >= 4 is 44.1 Å². The van der Waals surface area contributed by atoms with Gasteiger partial charge in [-0.15, -0.1) is 0 Å². The lowest BCUT2D eigenvalue weighted by Crippen LogP contribution is -2.37. The number of carbonyl (C=O) groups excluding carboxylic acids is 1. The number of sulfonamides is 1. The molecule has 0 spiro atoms. The largest absolute Gasteiger partial charge is 0.378 e. The predicted octanol–water partition coefficient (Wildman–Crippen LogP) is 4.01. The average Bonchev–Trinajstić information content (AvgIpc) is 2.68. The summed E-state index contributed by atoms with van der Waals surface area (Å²) in [6, 6.07) is 14.1. The predicted molar refractivity (Wildman–Crippen MR) is 116 cm³/mol. The summed E-state index contributed by atoms with van der Waals surface area (Å²) in [5, 5.41) is 3.08. The Kier molecular flexibility index (Phi) is 6.54. The van der Waals surface area contributed by atoms with Crippen molar-refractivity contribution in [3.63, 3.8) is 0 Å². The minimum Gasteiger partial charge on any atom is -0.378 e. The number of benzene rings is 2. The van der Waals surface area contributed by atoms with E-state index in [1.54, 1.807) is 18.2 Å². The van der Waals surface area contributed by atoms with Gasteiger partial charge in [0.1, 0.15) is 0 Å². The summed E-state index contributed by atoms with van der Waals surface area (Å²) in [5.74, 6) is 0.412. The molecule has 27 heavy (non-hydrogen) atoms. The fourth-order valence-corrected chi connectivity index (χ4v) is 4.93. The molecule has 1 N–H and O–H groups in total. The van der Waals surface area contributed by atoms with Crippen LogP contribution in [-0.2, 0) is 10.0 Å². The van der Waals surface area contributed by atoms with Crippen LogP contribution in [0.4, 0.5) is 5.69 Å². The first-order valence-electron chi connectivity index (χ1n) is 8.99. The van der Waals surface area contributed by atoms with Gasteiger partial charge in [0.15, 0.2) is 5.78 Å². The zero-order chi connectivity index (χ0) is 19.4. The molecule has 1 fully saturated rings. The van der Waals surface area contributed by atoms with Crippen molar-refractivity contribution in [2.45, 2.75) is 24.7 Å². The smallest absolute Gasteiger partial charge is 0.243 e. The molecule has 0 aromatic heterocycles. The maximum Gasteiger partial charge on any atom is 0.243 e. The monoisotopic (exact) mass is 498 g/mol. The quantitative estimate of drug-likeness (QED) is 0.483. The van der Waals surface area contributed by atoms with Crippen molar-refractivity contribution in [1.29, 1.82) is 0 Å². The maximum absolute atomic E-state index is 12.9. The first-order valence-corrected chi connectivity index (χ1v) is 11.5. The second-order valence-corrected chi connectivity index (χ2v) is 10.1. The average molecular weight is 498 g/mol. The van der Waals surface area contributed by atoms with Crippen molar-refractivity contribution < 1.29 is 13.2 Å². The van der Waals surface area contributed by atoms with Crippen molar-refractivity contribution in [1.82, 2.24) is 4.31 Å². The summed E-state index contributed by atoms with van der Waals surface area (Å²) < 4.78 is 28.4. The molecule has 0 saturated carbocycles. The van der Waals surface area contributed by atoms with Crippen LogP contribution in [0.5, 0.6) is 0 Å². The Morgan fingerprint density at radius 2 is 1.81 bits per heavy atom.